The van der Waals surface area contributed by atoms with Crippen molar-refractivity contribution in [3.8, 4) is 0 Å². The summed E-state index contributed by atoms with van der Waals surface area (Å²) in [7, 11) is 5.55. The van der Waals surface area contributed by atoms with E-state index in [1.54, 1.807) is 13.0 Å². The lowest BCUT2D eigenvalue weighted by Gasteiger charge is -1.98. The molecule has 0 unspecified atom stereocenters. The fraction of sp³-hybridized carbons (Fsp3) is 0.333. The van der Waals surface area contributed by atoms with E-state index in [1.807, 2.05) is 6.92 Å². The van der Waals surface area contributed by atoms with Crippen LogP contribution in [0.5, 0.6) is 0 Å². The van der Waals surface area contributed by atoms with Crippen LogP contribution in [0.15, 0.2) is 35.5 Å². The molecule has 0 atom stereocenters. The fourth-order valence-corrected chi connectivity index (χ4v) is 0.615. The number of aliphatic hydroxyl groups excluding tert-OH is 1. The summed E-state index contributed by atoms with van der Waals surface area (Å²) in [6.45, 7) is 7.19. The highest BCUT2D eigenvalue weighted by Gasteiger charge is 1.91. The summed E-state index contributed by atoms with van der Waals surface area (Å²) in [5.74, 6) is 0.182. The highest BCUT2D eigenvalue weighted by molar-refractivity contribution is 6.21. The minimum Gasteiger partial charge on any atom is -0.508 e. The Morgan fingerprint density at radius 1 is 1.64 bits per heavy atom. The summed E-state index contributed by atoms with van der Waals surface area (Å²) >= 11 is 0. The highest BCUT2D eigenvalue weighted by Crippen LogP contribution is 2.06. The maximum Gasteiger partial charge on any atom is 0.117 e. The van der Waals surface area contributed by atoms with Crippen molar-refractivity contribution in [1.29, 1.82) is 0 Å². The van der Waals surface area contributed by atoms with E-state index in [1.165, 1.54) is 6.08 Å². The Hall–Kier alpha value is -0.915. The zero-order valence-corrected chi connectivity index (χ0v) is 7.09. The van der Waals surface area contributed by atoms with Crippen molar-refractivity contribution < 1.29 is 5.11 Å². The van der Waals surface area contributed by atoms with E-state index >= 15 is 0 Å². The van der Waals surface area contributed by atoms with Crippen molar-refractivity contribution in [3.05, 3.63) is 35.5 Å². The molecule has 1 N–H and O–H groups in total. The van der Waals surface area contributed by atoms with E-state index in [0.29, 0.717) is 0 Å². The summed E-state index contributed by atoms with van der Waals surface area (Å²) in [6, 6.07) is 0. The van der Waals surface area contributed by atoms with Crippen LogP contribution in [-0.2, 0) is 0 Å². The number of hydrogen-bond donors (Lipinski definition) is 1. The fourth-order valence-electron chi connectivity index (χ4n) is 0.615. The predicted octanol–water partition coefficient (Wildman–Crippen LogP) is 2.47. The van der Waals surface area contributed by atoms with Crippen molar-refractivity contribution in [1.82, 2.24) is 0 Å². The minimum atomic E-state index is 0.182. The van der Waals surface area contributed by atoms with Crippen molar-refractivity contribution >= 4 is 7.85 Å². The molecule has 2 heteroatoms. The standard InChI is InChI=1S/C9H13BO/c1-4-8(10)6-7(3)9(11)5-2/h5-6,11H,2,4H2,1,3H3/b8-6+,9-7+. The second-order valence-corrected chi connectivity index (χ2v) is 2.35. The Morgan fingerprint density at radius 2 is 2.18 bits per heavy atom. The van der Waals surface area contributed by atoms with Gasteiger partial charge in [-0.2, -0.15) is 0 Å². The molecule has 0 fully saturated rings. The van der Waals surface area contributed by atoms with Gasteiger partial charge in [0.05, 0.1) is 0 Å². The molecule has 1 nitrogen and oxygen atoms in total. The molecule has 2 radical (unpaired) electrons. The van der Waals surface area contributed by atoms with Gasteiger partial charge in [-0.15, -0.1) is 5.47 Å². The van der Waals surface area contributed by atoms with Crippen molar-refractivity contribution in [2.75, 3.05) is 0 Å². The molecule has 0 amide bonds. The lowest BCUT2D eigenvalue weighted by atomic mass is 9.91. The van der Waals surface area contributed by atoms with E-state index in [4.69, 9.17) is 13.0 Å². The SMILES string of the molecule is [B]/C(=C/C(C)=C(/O)C=C)CC. The summed E-state index contributed by atoms with van der Waals surface area (Å²) in [5.41, 5.74) is 1.51. The first-order valence-corrected chi connectivity index (χ1v) is 3.60. The number of rotatable bonds is 3. The molecule has 58 valence electrons. The smallest absolute Gasteiger partial charge is 0.117 e. The summed E-state index contributed by atoms with van der Waals surface area (Å²) in [4.78, 5) is 0. The monoisotopic (exact) mass is 148 g/mol. The van der Waals surface area contributed by atoms with Crippen LogP contribution in [0.4, 0.5) is 0 Å². The van der Waals surface area contributed by atoms with Gasteiger partial charge in [-0.05, 0) is 25.0 Å². The number of hydrogen-bond acceptors (Lipinski definition) is 1. The van der Waals surface area contributed by atoms with Gasteiger partial charge in [-0.1, -0.05) is 19.6 Å². The Bertz CT molecular complexity index is 202. The molecule has 0 rings (SSSR count). The molecule has 0 heterocycles. The molecule has 0 aliphatic carbocycles. The minimum absolute atomic E-state index is 0.182. The Kier molecular flexibility index (Phi) is 4.43. The quantitative estimate of drug-likeness (QED) is 0.370. The van der Waals surface area contributed by atoms with E-state index in [2.05, 4.69) is 6.58 Å². The first-order valence-electron chi connectivity index (χ1n) is 3.60. The molecule has 0 saturated heterocycles. The van der Waals surface area contributed by atoms with E-state index in [9.17, 15) is 0 Å². The molecule has 0 saturated carbocycles. The molecule has 0 aromatic rings. The Morgan fingerprint density at radius 3 is 2.55 bits per heavy atom. The van der Waals surface area contributed by atoms with Crippen LogP contribution < -0.4 is 0 Å². The summed E-state index contributed by atoms with van der Waals surface area (Å²) in [6.07, 6.45) is 3.94. The topological polar surface area (TPSA) is 20.2 Å². The normalized spacial score (nSPS) is 14.2. The zero-order chi connectivity index (χ0) is 8.85. The molecule has 0 aromatic heterocycles. The van der Waals surface area contributed by atoms with Gasteiger partial charge >= 0.3 is 0 Å². The van der Waals surface area contributed by atoms with Gasteiger partial charge in [-0.3, -0.25) is 0 Å². The van der Waals surface area contributed by atoms with Crippen LogP contribution in [0, 0.1) is 0 Å². The molecule has 0 bridgehead atoms. The van der Waals surface area contributed by atoms with Crippen LogP contribution >= 0.6 is 0 Å². The zero-order valence-electron chi connectivity index (χ0n) is 7.09. The van der Waals surface area contributed by atoms with Crippen molar-refractivity contribution in [2.24, 2.45) is 0 Å². The lowest BCUT2D eigenvalue weighted by molar-refractivity contribution is 0.428. The van der Waals surface area contributed by atoms with Crippen molar-refractivity contribution in [2.45, 2.75) is 20.3 Å². The third kappa shape index (κ3) is 3.71. The van der Waals surface area contributed by atoms with Gasteiger partial charge in [0.2, 0.25) is 0 Å². The second kappa shape index (κ2) is 4.83. The second-order valence-electron chi connectivity index (χ2n) is 2.35. The van der Waals surface area contributed by atoms with Crippen LogP contribution in [0.2, 0.25) is 0 Å². The molecular weight excluding hydrogens is 135 g/mol. The van der Waals surface area contributed by atoms with Gasteiger partial charge in [0.25, 0.3) is 0 Å². The van der Waals surface area contributed by atoms with Crippen LogP contribution in [-0.4, -0.2) is 13.0 Å². The van der Waals surface area contributed by atoms with Gasteiger partial charge in [-0.25, -0.2) is 0 Å². The Labute approximate surface area is 69.5 Å². The molecule has 0 spiro atoms. The molecule has 0 aromatic carbocycles. The Balaban J connectivity index is 4.49. The maximum absolute atomic E-state index is 9.13. The summed E-state index contributed by atoms with van der Waals surface area (Å²) < 4.78 is 0. The van der Waals surface area contributed by atoms with Crippen LogP contribution in [0.1, 0.15) is 20.3 Å². The van der Waals surface area contributed by atoms with Crippen molar-refractivity contribution in [3.63, 3.8) is 0 Å². The van der Waals surface area contributed by atoms with Gasteiger partial charge in [0.15, 0.2) is 0 Å². The largest absolute Gasteiger partial charge is 0.508 e. The molecule has 0 aliphatic heterocycles. The van der Waals surface area contributed by atoms with Gasteiger partial charge < -0.3 is 5.11 Å². The first-order chi connectivity index (χ1) is 5.11. The highest BCUT2D eigenvalue weighted by atomic mass is 16.3. The first kappa shape index (κ1) is 10.1. The lowest BCUT2D eigenvalue weighted by Crippen LogP contribution is -1.84. The predicted molar refractivity (Wildman–Crippen MR) is 49.7 cm³/mol. The summed E-state index contributed by atoms with van der Waals surface area (Å²) in [5, 5.41) is 9.13. The number of allylic oxidation sites excluding steroid dienone is 4. The van der Waals surface area contributed by atoms with E-state index in [-0.39, 0.29) is 5.76 Å². The van der Waals surface area contributed by atoms with Crippen LogP contribution in [0.25, 0.3) is 0 Å². The maximum atomic E-state index is 9.13. The third-order valence-corrected chi connectivity index (χ3v) is 1.41. The molecule has 11 heavy (non-hydrogen) atoms. The van der Waals surface area contributed by atoms with E-state index in [0.717, 1.165) is 17.5 Å². The molecular formula is C9H13BO. The van der Waals surface area contributed by atoms with Gasteiger partial charge in [0, 0.05) is 0 Å². The average molecular weight is 148 g/mol. The van der Waals surface area contributed by atoms with E-state index < -0.39 is 0 Å². The third-order valence-electron chi connectivity index (χ3n) is 1.41. The molecule has 0 aliphatic rings. The average Bonchev–Trinajstić information content (AvgIpc) is 2.02. The number of aliphatic hydroxyl groups is 1. The van der Waals surface area contributed by atoms with Crippen LogP contribution in [0.3, 0.4) is 0 Å². The van der Waals surface area contributed by atoms with Gasteiger partial charge in [0.1, 0.15) is 13.6 Å².